The zero-order valence-electron chi connectivity index (χ0n) is 8.22. The van der Waals surface area contributed by atoms with E-state index in [2.05, 4.69) is 11.4 Å². The molecule has 0 saturated carbocycles. The van der Waals surface area contributed by atoms with Crippen LogP contribution in [-0.4, -0.2) is 11.7 Å². The third-order valence-corrected chi connectivity index (χ3v) is 2.99. The molecule has 0 aliphatic carbocycles. The molecule has 2 aromatic rings. The van der Waals surface area contributed by atoms with Gasteiger partial charge in [0.2, 0.25) is 0 Å². The fourth-order valence-corrected chi connectivity index (χ4v) is 1.99. The Kier molecular flexibility index (Phi) is 3.25. The number of hydrogen-bond donors (Lipinski definition) is 1. The van der Waals surface area contributed by atoms with E-state index in [1.807, 2.05) is 12.1 Å². The highest BCUT2D eigenvalue weighted by Gasteiger charge is 2.00. The highest BCUT2D eigenvalue weighted by molar-refractivity contribution is 7.09. The van der Waals surface area contributed by atoms with Crippen LogP contribution in [0.2, 0.25) is 0 Å². The summed E-state index contributed by atoms with van der Waals surface area (Å²) in [6, 6.07) is 11.1. The molecular formula is C12H12O2S. The molecule has 1 aromatic carbocycles. The Morgan fingerprint density at radius 1 is 1.13 bits per heavy atom. The average molecular weight is 220 g/mol. The topological polar surface area (TPSA) is 29.5 Å². The molecule has 1 heterocycles. The number of para-hydroxylation sites is 2. The quantitative estimate of drug-likeness (QED) is 0.858. The van der Waals surface area contributed by atoms with Gasteiger partial charge in [-0.2, -0.15) is 0 Å². The first-order valence-corrected chi connectivity index (χ1v) is 5.67. The van der Waals surface area contributed by atoms with Crippen LogP contribution in [0.25, 0.3) is 0 Å². The summed E-state index contributed by atoms with van der Waals surface area (Å²) in [5.41, 5.74) is 0. The second kappa shape index (κ2) is 4.84. The van der Waals surface area contributed by atoms with Crippen LogP contribution in [-0.2, 0) is 6.42 Å². The summed E-state index contributed by atoms with van der Waals surface area (Å²) < 4.78 is 5.47. The van der Waals surface area contributed by atoms with Gasteiger partial charge in [0.15, 0.2) is 11.5 Å². The lowest BCUT2D eigenvalue weighted by molar-refractivity contribution is 0.304. The van der Waals surface area contributed by atoms with Crippen LogP contribution in [0.3, 0.4) is 0 Å². The summed E-state index contributed by atoms with van der Waals surface area (Å²) in [5, 5.41) is 11.5. The molecule has 0 fully saturated rings. The van der Waals surface area contributed by atoms with Crippen LogP contribution < -0.4 is 4.74 Å². The zero-order chi connectivity index (χ0) is 10.5. The number of phenols is 1. The van der Waals surface area contributed by atoms with Gasteiger partial charge in [0, 0.05) is 11.3 Å². The predicted octanol–water partition coefficient (Wildman–Crippen LogP) is 3.08. The van der Waals surface area contributed by atoms with Crippen LogP contribution in [0.15, 0.2) is 41.8 Å². The first kappa shape index (κ1) is 10.1. The molecule has 15 heavy (non-hydrogen) atoms. The van der Waals surface area contributed by atoms with Gasteiger partial charge < -0.3 is 9.84 Å². The van der Waals surface area contributed by atoms with E-state index in [0.29, 0.717) is 12.4 Å². The number of ether oxygens (including phenoxy) is 1. The van der Waals surface area contributed by atoms with E-state index < -0.39 is 0 Å². The van der Waals surface area contributed by atoms with Gasteiger partial charge in [0.1, 0.15) is 0 Å². The van der Waals surface area contributed by atoms with Gasteiger partial charge in [-0.15, -0.1) is 11.3 Å². The summed E-state index contributed by atoms with van der Waals surface area (Å²) in [6.45, 7) is 0.595. The van der Waals surface area contributed by atoms with Crippen LogP contribution in [0, 0.1) is 0 Å². The number of hydrogen-bond acceptors (Lipinski definition) is 3. The third kappa shape index (κ3) is 2.73. The summed E-state index contributed by atoms with van der Waals surface area (Å²) in [7, 11) is 0. The Hall–Kier alpha value is -1.48. The standard InChI is InChI=1S/C12H12O2S/c13-11-5-1-2-6-12(11)14-8-7-10-4-3-9-15-10/h1-6,9,13H,7-8H2. The molecule has 3 heteroatoms. The van der Waals surface area contributed by atoms with Crippen molar-refractivity contribution in [2.75, 3.05) is 6.61 Å². The molecule has 1 N–H and O–H groups in total. The molecule has 0 aliphatic heterocycles. The minimum atomic E-state index is 0.198. The smallest absolute Gasteiger partial charge is 0.160 e. The van der Waals surface area contributed by atoms with E-state index >= 15 is 0 Å². The van der Waals surface area contributed by atoms with Crippen molar-refractivity contribution in [3.8, 4) is 11.5 Å². The maximum atomic E-state index is 9.45. The molecule has 1 aromatic heterocycles. The third-order valence-electron chi connectivity index (χ3n) is 2.05. The maximum absolute atomic E-state index is 9.45. The lowest BCUT2D eigenvalue weighted by Gasteiger charge is -2.06. The minimum Gasteiger partial charge on any atom is -0.504 e. The van der Waals surface area contributed by atoms with Gasteiger partial charge in [0.25, 0.3) is 0 Å². The van der Waals surface area contributed by atoms with Crippen LogP contribution in [0.1, 0.15) is 4.88 Å². The van der Waals surface area contributed by atoms with Gasteiger partial charge in [-0.3, -0.25) is 0 Å². The SMILES string of the molecule is Oc1ccccc1OCCc1cccs1. The van der Waals surface area contributed by atoms with Crippen molar-refractivity contribution in [3.05, 3.63) is 46.7 Å². The summed E-state index contributed by atoms with van der Waals surface area (Å²) in [6.07, 6.45) is 0.881. The van der Waals surface area contributed by atoms with Crippen molar-refractivity contribution in [1.82, 2.24) is 0 Å². The van der Waals surface area contributed by atoms with Crippen molar-refractivity contribution in [2.24, 2.45) is 0 Å². The van der Waals surface area contributed by atoms with Crippen molar-refractivity contribution in [3.63, 3.8) is 0 Å². The molecule has 0 atom stereocenters. The maximum Gasteiger partial charge on any atom is 0.160 e. The Morgan fingerprint density at radius 2 is 2.00 bits per heavy atom. The van der Waals surface area contributed by atoms with E-state index in [4.69, 9.17) is 4.74 Å². The molecule has 0 radical (unpaired) electrons. The number of benzene rings is 1. The van der Waals surface area contributed by atoms with E-state index in [9.17, 15) is 5.11 Å². The second-order valence-corrected chi connectivity index (χ2v) is 4.18. The highest BCUT2D eigenvalue weighted by Crippen LogP contribution is 2.24. The number of thiophene rings is 1. The Morgan fingerprint density at radius 3 is 2.73 bits per heavy atom. The van der Waals surface area contributed by atoms with Gasteiger partial charge in [-0.1, -0.05) is 18.2 Å². The number of phenolic OH excluding ortho intramolecular Hbond substituents is 1. The largest absolute Gasteiger partial charge is 0.504 e. The molecule has 0 bridgehead atoms. The molecule has 0 aliphatic rings. The van der Waals surface area contributed by atoms with Crippen molar-refractivity contribution >= 4 is 11.3 Å². The zero-order valence-corrected chi connectivity index (χ0v) is 9.04. The summed E-state index contributed by atoms with van der Waals surface area (Å²) >= 11 is 1.72. The fraction of sp³-hybridized carbons (Fsp3) is 0.167. The molecule has 0 spiro atoms. The van der Waals surface area contributed by atoms with Crippen LogP contribution in [0.5, 0.6) is 11.5 Å². The molecule has 78 valence electrons. The minimum absolute atomic E-state index is 0.198. The summed E-state index contributed by atoms with van der Waals surface area (Å²) in [5.74, 6) is 0.748. The lowest BCUT2D eigenvalue weighted by Crippen LogP contribution is -1.99. The van der Waals surface area contributed by atoms with Gasteiger partial charge >= 0.3 is 0 Å². The predicted molar refractivity (Wildman–Crippen MR) is 61.6 cm³/mol. The van der Waals surface area contributed by atoms with E-state index in [-0.39, 0.29) is 5.75 Å². The molecular weight excluding hydrogens is 208 g/mol. The normalized spacial score (nSPS) is 10.1. The van der Waals surface area contributed by atoms with Gasteiger partial charge in [-0.05, 0) is 23.6 Å². The Balaban J connectivity index is 1.86. The van der Waals surface area contributed by atoms with Crippen molar-refractivity contribution < 1.29 is 9.84 Å². The van der Waals surface area contributed by atoms with Gasteiger partial charge in [-0.25, -0.2) is 0 Å². The molecule has 0 saturated heterocycles. The van der Waals surface area contributed by atoms with Crippen molar-refractivity contribution in [2.45, 2.75) is 6.42 Å². The monoisotopic (exact) mass is 220 g/mol. The Labute approximate surface area is 92.8 Å². The molecule has 2 rings (SSSR count). The first-order chi connectivity index (χ1) is 7.36. The van der Waals surface area contributed by atoms with Gasteiger partial charge in [0.05, 0.1) is 6.61 Å². The Bertz CT molecular complexity index is 409. The lowest BCUT2D eigenvalue weighted by atomic mass is 10.3. The number of rotatable bonds is 4. The molecule has 0 amide bonds. The van der Waals surface area contributed by atoms with Crippen molar-refractivity contribution in [1.29, 1.82) is 0 Å². The summed E-state index contributed by atoms with van der Waals surface area (Å²) in [4.78, 5) is 1.30. The van der Waals surface area contributed by atoms with E-state index in [1.54, 1.807) is 29.5 Å². The van der Waals surface area contributed by atoms with E-state index in [0.717, 1.165) is 6.42 Å². The first-order valence-electron chi connectivity index (χ1n) is 4.79. The van der Waals surface area contributed by atoms with Crippen LogP contribution in [0.4, 0.5) is 0 Å². The second-order valence-electron chi connectivity index (χ2n) is 3.15. The highest BCUT2D eigenvalue weighted by atomic mass is 32.1. The molecule has 2 nitrogen and oxygen atoms in total. The van der Waals surface area contributed by atoms with E-state index in [1.165, 1.54) is 4.88 Å². The average Bonchev–Trinajstić information content (AvgIpc) is 2.74. The fourth-order valence-electron chi connectivity index (χ4n) is 1.30. The molecule has 0 unspecified atom stereocenters. The number of aromatic hydroxyl groups is 1. The van der Waals surface area contributed by atoms with Crippen LogP contribution >= 0.6 is 11.3 Å².